The number of benzene rings is 3. The molecule has 4 aromatic rings. The molecule has 0 spiro atoms. The summed E-state index contributed by atoms with van der Waals surface area (Å²) in [5, 5.41) is 1.39. The summed E-state index contributed by atoms with van der Waals surface area (Å²) in [5.41, 5.74) is 0.674. The highest BCUT2D eigenvalue weighted by atomic mass is 35.5. The normalized spacial score (nSPS) is 11.0. The van der Waals surface area contributed by atoms with Crippen LogP contribution in [0.1, 0.15) is 0 Å². The van der Waals surface area contributed by atoms with Crippen LogP contribution >= 0.6 is 11.6 Å². The van der Waals surface area contributed by atoms with Crippen molar-refractivity contribution in [1.82, 2.24) is 4.98 Å². The topological polar surface area (TPSA) is 51.3 Å². The van der Waals surface area contributed by atoms with Gasteiger partial charge in [-0.2, -0.15) is 0 Å². The van der Waals surface area contributed by atoms with E-state index in [4.69, 9.17) is 21.1 Å². The molecule has 130 valence electrons. The monoisotopic (exact) mass is 369 g/mol. The van der Waals surface area contributed by atoms with Crippen LogP contribution in [0, 0.1) is 5.82 Å². The fourth-order valence-corrected chi connectivity index (χ4v) is 3.01. The minimum absolute atomic E-state index is 0.199. The number of rotatable bonds is 3. The zero-order chi connectivity index (χ0) is 18.3. The maximum atomic E-state index is 13.8. The van der Waals surface area contributed by atoms with Crippen LogP contribution in [-0.4, -0.2) is 12.1 Å². The molecule has 1 aromatic heterocycles. The number of H-pyrrole nitrogens is 1. The van der Waals surface area contributed by atoms with Gasteiger partial charge in [0.15, 0.2) is 0 Å². The summed E-state index contributed by atoms with van der Waals surface area (Å²) in [6.07, 6.45) is 0. The van der Waals surface area contributed by atoms with E-state index < -0.39 is 5.82 Å². The molecule has 0 atom stereocenters. The number of methoxy groups -OCH3 is 1. The molecule has 0 saturated heterocycles. The van der Waals surface area contributed by atoms with E-state index in [1.807, 2.05) is 0 Å². The lowest BCUT2D eigenvalue weighted by Gasteiger charge is -2.10. The lowest BCUT2D eigenvalue weighted by Crippen LogP contribution is -2.06. The highest BCUT2D eigenvalue weighted by Crippen LogP contribution is 2.28. The van der Waals surface area contributed by atoms with Gasteiger partial charge < -0.3 is 14.5 Å². The molecule has 1 heterocycles. The van der Waals surface area contributed by atoms with E-state index in [0.29, 0.717) is 38.3 Å². The molecule has 6 heteroatoms. The molecule has 26 heavy (non-hydrogen) atoms. The number of fused-ring (bicyclic) bond motifs is 2. The van der Waals surface area contributed by atoms with Gasteiger partial charge in [-0.25, -0.2) is 4.39 Å². The Morgan fingerprint density at radius 3 is 2.42 bits per heavy atom. The van der Waals surface area contributed by atoms with Crippen molar-refractivity contribution in [3.05, 3.63) is 75.7 Å². The molecular weight excluding hydrogens is 357 g/mol. The Morgan fingerprint density at radius 1 is 0.962 bits per heavy atom. The molecule has 0 saturated carbocycles. The molecule has 0 aliphatic rings. The van der Waals surface area contributed by atoms with E-state index in [9.17, 15) is 9.18 Å². The standard InChI is InChI=1S/C20H13ClFNO3/c1-25-18-9-12(22)8-17-19(18)20(24)15-7-6-14(10-16(15)23-17)26-13-4-2-11(21)3-5-13/h2-10H,1H3,(H,23,24). The number of hydrogen-bond donors (Lipinski definition) is 1. The van der Waals surface area contributed by atoms with E-state index in [-0.39, 0.29) is 11.2 Å². The first-order chi connectivity index (χ1) is 12.5. The lowest BCUT2D eigenvalue weighted by atomic mass is 10.1. The molecule has 4 rings (SSSR count). The Kier molecular flexibility index (Phi) is 4.01. The first kappa shape index (κ1) is 16.4. The molecule has 0 aliphatic heterocycles. The predicted octanol–water partition coefficient (Wildman–Crippen LogP) is 5.27. The highest BCUT2D eigenvalue weighted by molar-refractivity contribution is 6.30. The van der Waals surface area contributed by atoms with Crippen LogP contribution in [0.4, 0.5) is 4.39 Å². The van der Waals surface area contributed by atoms with Crippen LogP contribution in [0.5, 0.6) is 17.2 Å². The van der Waals surface area contributed by atoms with E-state index in [2.05, 4.69) is 4.98 Å². The van der Waals surface area contributed by atoms with Gasteiger partial charge in [0.25, 0.3) is 0 Å². The molecule has 0 radical (unpaired) electrons. The number of aromatic nitrogens is 1. The molecule has 0 fully saturated rings. The molecule has 0 bridgehead atoms. The van der Waals surface area contributed by atoms with Gasteiger partial charge in [0.1, 0.15) is 23.1 Å². The highest BCUT2D eigenvalue weighted by Gasteiger charge is 2.13. The average Bonchev–Trinajstić information content (AvgIpc) is 2.62. The van der Waals surface area contributed by atoms with E-state index >= 15 is 0 Å². The summed E-state index contributed by atoms with van der Waals surface area (Å²) in [4.78, 5) is 15.9. The third-order valence-electron chi connectivity index (χ3n) is 4.07. The number of halogens is 2. The van der Waals surface area contributed by atoms with Gasteiger partial charge in [0.2, 0.25) is 5.43 Å². The first-order valence-electron chi connectivity index (χ1n) is 7.82. The van der Waals surface area contributed by atoms with Crippen molar-refractivity contribution < 1.29 is 13.9 Å². The van der Waals surface area contributed by atoms with Crippen LogP contribution in [0.3, 0.4) is 0 Å². The zero-order valence-corrected chi connectivity index (χ0v) is 14.4. The third-order valence-corrected chi connectivity index (χ3v) is 4.32. The minimum Gasteiger partial charge on any atom is -0.496 e. The van der Waals surface area contributed by atoms with E-state index in [1.165, 1.54) is 19.2 Å². The molecular formula is C20H13ClFNO3. The second kappa shape index (κ2) is 6.35. The number of aromatic amines is 1. The van der Waals surface area contributed by atoms with E-state index in [1.54, 1.807) is 42.5 Å². The fourth-order valence-electron chi connectivity index (χ4n) is 2.88. The summed E-state index contributed by atoms with van der Waals surface area (Å²) < 4.78 is 24.7. The number of ether oxygens (including phenoxy) is 2. The maximum Gasteiger partial charge on any atom is 0.200 e. The fraction of sp³-hybridized carbons (Fsp3) is 0.0500. The quantitative estimate of drug-likeness (QED) is 0.500. The van der Waals surface area contributed by atoms with Crippen molar-refractivity contribution in [2.45, 2.75) is 0 Å². The summed E-state index contributed by atoms with van der Waals surface area (Å²) in [6, 6.07) is 14.5. The summed E-state index contributed by atoms with van der Waals surface area (Å²) in [6.45, 7) is 0. The van der Waals surface area contributed by atoms with Crippen molar-refractivity contribution in [1.29, 1.82) is 0 Å². The third kappa shape index (κ3) is 2.86. The molecule has 0 aliphatic carbocycles. The Balaban J connectivity index is 1.87. The molecule has 0 unspecified atom stereocenters. The van der Waals surface area contributed by atoms with Gasteiger partial charge in [-0.1, -0.05) is 11.6 Å². The molecule has 3 aromatic carbocycles. The Bertz CT molecular complexity index is 1190. The first-order valence-corrected chi connectivity index (χ1v) is 8.19. The second-order valence-electron chi connectivity index (χ2n) is 5.75. The zero-order valence-electron chi connectivity index (χ0n) is 13.7. The SMILES string of the molecule is COc1cc(F)cc2[nH]c3cc(Oc4ccc(Cl)cc4)ccc3c(=O)c12. The van der Waals surface area contributed by atoms with Crippen LogP contribution in [0.25, 0.3) is 21.8 Å². The lowest BCUT2D eigenvalue weighted by molar-refractivity contribution is 0.416. The van der Waals surface area contributed by atoms with Crippen LogP contribution in [0.2, 0.25) is 5.02 Å². The van der Waals surface area contributed by atoms with Gasteiger partial charge in [-0.05, 0) is 42.5 Å². The Labute approximate surface area is 152 Å². The van der Waals surface area contributed by atoms with Crippen LogP contribution in [0.15, 0.2) is 59.4 Å². The largest absolute Gasteiger partial charge is 0.496 e. The number of nitrogens with one attached hydrogen (secondary N) is 1. The van der Waals surface area contributed by atoms with Gasteiger partial charge >= 0.3 is 0 Å². The minimum atomic E-state index is -0.488. The number of hydrogen-bond acceptors (Lipinski definition) is 3. The summed E-state index contributed by atoms with van der Waals surface area (Å²) >= 11 is 5.87. The second-order valence-corrected chi connectivity index (χ2v) is 6.18. The van der Waals surface area contributed by atoms with Gasteiger partial charge in [-0.3, -0.25) is 4.79 Å². The van der Waals surface area contributed by atoms with Crippen molar-refractivity contribution >= 4 is 33.4 Å². The van der Waals surface area contributed by atoms with Crippen molar-refractivity contribution in [2.75, 3.05) is 7.11 Å². The number of pyridine rings is 1. The maximum absolute atomic E-state index is 13.8. The smallest absolute Gasteiger partial charge is 0.200 e. The molecule has 4 nitrogen and oxygen atoms in total. The predicted molar refractivity (Wildman–Crippen MR) is 100 cm³/mol. The summed E-state index contributed by atoms with van der Waals surface area (Å²) in [7, 11) is 1.40. The van der Waals surface area contributed by atoms with Crippen LogP contribution in [-0.2, 0) is 0 Å². The Morgan fingerprint density at radius 2 is 1.69 bits per heavy atom. The summed E-state index contributed by atoms with van der Waals surface area (Å²) in [5.74, 6) is 0.866. The average molecular weight is 370 g/mol. The van der Waals surface area contributed by atoms with Crippen molar-refractivity contribution in [2.24, 2.45) is 0 Å². The van der Waals surface area contributed by atoms with E-state index in [0.717, 1.165) is 0 Å². The Hall–Kier alpha value is -3.05. The van der Waals surface area contributed by atoms with Crippen LogP contribution < -0.4 is 14.9 Å². The van der Waals surface area contributed by atoms with Gasteiger partial charge in [0.05, 0.1) is 23.5 Å². The molecule has 0 amide bonds. The van der Waals surface area contributed by atoms with Crippen molar-refractivity contribution in [3.63, 3.8) is 0 Å². The van der Waals surface area contributed by atoms with Gasteiger partial charge in [-0.15, -0.1) is 0 Å². The molecule has 1 N–H and O–H groups in total. The van der Waals surface area contributed by atoms with Crippen molar-refractivity contribution in [3.8, 4) is 17.2 Å². The van der Waals surface area contributed by atoms with Gasteiger partial charge in [0, 0.05) is 22.5 Å².